The van der Waals surface area contributed by atoms with E-state index in [0.717, 1.165) is 17.8 Å². The predicted molar refractivity (Wildman–Crippen MR) is 68.5 cm³/mol. The second-order valence-electron chi connectivity index (χ2n) is 4.87. The van der Waals surface area contributed by atoms with Crippen molar-refractivity contribution in [1.29, 1.82) is 0 Å². The van der Waals surface area contributed by atoms with Gasteiger partial charge in [0.1, 0.15) is 11.6 Å². The van der Waals surface area contributed by atoms with Gasteiger partial charge >= 0.3 is 0 Å². The average Bonchev–Trinajstić information content (AvgIpc) is 2.75. The van der Waals surface area contributed by atoms with Crippen molar-refractivity contribution in [3.63, 3.8) is 0 Å². The summed E-state index contributed by atoms with van der Waals surface area (Å²) in [6, 6.07) is 2.35. The zero-order chi connectivity index (χ0) is 11.8. The number of aryl methyl sites for hydroxylation is 1. The molecule has 1 aliphatic carbocycles. The van der Waals surface area contributed by atoms with Gasteiger partial charge in [0, 0.05) is 0 Å². The van der Waals surface area contributed by atoms with Gasteiger partial charge in [-0.1, -0.05) is 12.8 Å². The maximum absolute atomic E-state index is 12.1. The molecule has 1 saturated carbocycles. The summed E-state index contributed by atoms with van der Waals surface area (Å²) in [5, 5.41) is 3.18. The molecule has 17 heavy (non-hydrogen) atoms. The van der Waals surface area contributed by atoms with Crippen LogP contribution in [0.5, 0.6) is 0 Å². The number of fused-ring (bicyclic) bond motifs is 1. The van der Waals surface area contributed by atoms with Crippen LogP contribution in [0.15, 0.2) is 11.4 Å². The van der Waals surface area contributed by atoms with E-state index in [0.29, 0.717) is 0 Å². The van der Waals surface area contributed by atoms with Crippen LogP contribution in [-0.4, -0.2) is 24.7 Å². The van der Waals surface area contributed by atoms with Crippen molar-refractivity contribution < 1.29 is 9.53 Å². The van der Waals surface area contributed by atoms with E-state index >= 15 is 0 Å². The van der Waals surface area contributed by atoms with Gasteiger partial charge in [0.25, 0.3) is 5.91 Å². The minimum absolute atomic E-state index is 0.124. The fourth-order valence-corrected chi connectivity index (χ4v) is 3.88. The number of amides is 1. The maximum Gasteiger partial charge on any atom is 0.253 e. The summed E-state index contributed by atoms with van der Waals surface area (Å²) in [4.78, 5) is 14.1. The largest absolute Gasteiger partial charge is 0.366 e. The zero-order valence-electron chi connectivity index (χ0n) is 10.0. The average molecular weight is 251 g/mol. The highest BCUT2D eigenvalue weighted by atomic mass is 32.1. The second kappa shape index (κ2) is 4.42. The molecule has 2 fully saturated rings. The second-order valence-corrected chi connectivity index (χ2v) is 5.77. The number of hydrogen-bond acceptors (Lipinski definition) is 3. The van der Waals surface area contributed by atoms with Crippen molar-refractivity contribution >= 4 is 22.2 Å². The monoisotopic (exact) mass is 251 g/mol. The van der Waals surface area contributed by atoms with Crippen LogP contribution in [-0.2, 0) is 9.53 Å². The quantitative estimate of drug-likeness (QED) is 0.768. The summed E-state index contributed by atoms with van der Waals surface area (Å²) in [7, 11) is 0. The molecular weight excluding hydrogens is 234 g/mol. The van der Waals surface area contributed by atoms with Crippen LogP contribution < -0.4 is 4.90 Å². The maximum atomic E-state index is 12.1. The molecule has 92 valence electrons. The predicted octanol–water partition coefficient (Wildman–Crippen LogP) is 2.73. The number of ether oxygens (including phenoxy) is 1. The molecule has 0 bridgehead atoms. The van der Waals surface area contributed by atoms with Gasteiger partial charge in [0.2, 0.25) is 0 Å². The SMILES string of the molecule is Cc1ccsc1N1C(=O)CO[C@@H]2CCCC[C@@H]21. The van der Waals surface area contributed by atoms with Crippen LogP contribution in [0.2, 0.25) is 0 Å². The zero-order valence-corrected chi connectivity index (χ0v) is 10.8. The van der Waals surface area contributed by atoms with Crippen LogP contribution >= 0.6 is 11.3 Å². The Morgan fingerprint density at radius 1 is 1.41 bits per heavy atom. The van der Waals surface area contributed by atoms with E-state index in [2.05, 4.69) is 18.4 Å². The third-order valence-corrected chi connectivity index (χ3v) is 4.76. The van der Waals surface area contributed by atoms with E-state index in [1.54, 1.807) is 11.3 Å². The fraction of sp³-hybridized carbons (Fsp3) is 0.615. The fourth-order valence-electron chi connectivity index (χ4n) is 2.88. The normalized spacial score (nSPS) is 29.2. The molecule has 2 heterocycles. The smallest absolute Gasteiger partial charge is 0.253 e. The molecule has 2 aliphatic rings. The number of anilines is 1. The molecule has 2 atom stereocenters. The Morgan fingerprint density at radius 3 is 3.00 bits per heavy atom. The molecule has 1 aromatic rings. The lowest BCUT2D eigenvalue weighted by Crippen LogP contribution is -2.55. The number of thiophene rings is 1. The molecule has 1 amide bonds. The van der Waals surface area contributed by atoms with Crippen LogP contribution in [0.4, 0.5) is 5.00 Å². The first-order valence-electron chi connectivity index (χ1n) is 6.25. The number of carbonyl (C=O) groups excluding carboxylic acids is 1. The van der Waals surface area contributed by atoms with E-state index in [4.69, 9.17) is 4.74 Å². The highest BCUT2D eigenvalue weighted by Gasteiger charge is 2.39. The standard InChI is InChI=1S/C13H17NO2S/c1-9-6-7-17-13(9)14-10-4-2-3-5-11(10)16-8-12(14)15/h6-7,10-11H,2-5,8H2,1H3/t10-,11+/m0/s1. The summed E-state index contributed by atoms with van der Waals surface area (Å²) in [5.41, 5.74) is 1.20. The van der Waals surface area contributed by atoms with Crippen molar-refractivity contribution in [1.82, 2.24) is 0 Å². The number of hydrogen-bond donors (Lipinski definition) is 0. The van der Waals surface area contributed by atoms with Crippen molar-refractivity contribution in [2.45, 2.75) is 44.8 Å². The van der Waals surface area contributed by atoms with E-state index in [9.17, 15) is 4.79 Å². The van der Waals surface area contributed by atoms with Crippen LogP contribution in [0, 0.1) is 6.92 Å². The molecule has 3 nitrogen and oxygen atoms in total. The lowest BCUT2D eigenvalue weighted by Gasteiger charge is -2.43. The highest BCUT2D eigenvalue weighted by molar-refractivity contribution is 7.14. The Bertz CT molecular complexity index is 429. The van der Waals surface area contributed by atoms with Crippen LogP contribution in [0.25, 0.3) is 0 Å². The lowest BCUT2D eigenvalue weighted by atomic mass is 9.90. The van der Waals surface area contributed by atoms with E-state index in [1.165, 1.54) is 18.4 Å². The van der Waals surface area contributed by atoms with Gasteiger partial charge in [-0.25, -0.2) is 0 Å². The molecule has 1 aromatic heterocycles. The minimum Gasteiger partial charge on any atom is -0.366 e. The summed E-state index contributed by atoms with van der Waals surface area (Å²) in [5.74, 6) is 0.124. The molecule has 1 saturated heterocycles. The van der Waals surface area contributed by atoms with Gasteiger partial charge in [-0.2, -0.15) is 0 Å². The van der Waals surface area contributed by atoms with E-state index in [1.807, 2.05) is 4.90 Å². The van der Waals surface area contributed by atoms with Gasteiger partial charge in [-0.05, 0) is 36.8 Å². The van der Waals surface area contributed by atoms with Gasteiger partial charge < -0.3 is 4.74 Å². The summed E-state index contributed by atoms with van der Waals surface area (Å²) < 4.78 is 5.68. The van der Waals surface area contributed by atoms with Gasteiger partial charge in [-0.15, -0.1) is 11.3 Å². The highest BCUT2D eigenvalue weighted by Crippen LogP contribution is 2.36. The molecule has 0 radical (unpaired) electrons. The molecule has 0 aromatic carbocycles. The molecule has 4 heteroatoms. The number of morpholine rings is 1. The third-order valence-electron chi connectivity index (χ3n) is 3.74. The van der Waals surface area contributed by atoms with Crippen molar-refractivity contribution in [2.24, 2.45) is 0 Å². The third kappa shape index (κ3) is 1.89. The molecule has 3 rings (SSSR count). The van der Waals surface area contributed by atoms with Crippen LogP contribution in [0.1, 0.15) is 31.2 Å². The van der Waals surface area contributed by atoms with Crippen molar-refractivity contribution in [2.75, 3.05) is 11.5 Å². The lowest BCUT2D eigenvalue weighted by molar-refractivity contribution is -0.133. The Hall–Kier alpha value is -0.870. The number of nitrogens with zero attached hydrogens (tertiary/aromatic N) is 1. The minimum atomic E-state index is 0.124. The van der Waals surface area contributed by atoms with E-state index in [-0.39, 0.29) is 24.7 Å². The number of rotatable bonds is 1. The first-order valence-corrected chi connectivity index (χ1v) is 7.13. The van der Waals surface area contributed by atoms with Crippen LogP contribution in [0.3, 0.4) is 0 Å². The summed E-state index contributed by atoms with van der Waals surface area (Å²) in [6.07, 6.45) is 4.86. The van der Waals surface area contributed by atoms with Gasteiger partial charge in [0.15, 0.2) is 0 Å². The molecule has 1 aliphatic heterocycles. The van der Waals surface area contributed by atoms with Crippen molar-refractivity contribution in [3.05, 3.63) is 17.0 Å². The number of carbonyl (C=O) groups is 1. The first kappa shape index (κ1) is 11.2. The Labute approximate surface area is 105 Å². The molecule has 0 N–H and O–H groups in total. The summed E-state index contributed by atoms with van der Waals surface area (Å²) >= 11 is 1.67. The Balaban J connectivity index is 1.94. The summed E-state index contributed by atoms with van der Waals surface area (Å²) in [6.45, 7) is 2.32. The first-order chi connectivity index (χ1) is 8.27. The van der Waals surface area contributed by atoms with Gasteiger partial charge in [0.05, 0.1) is 12.1 Å². The Kier molecular flexibility index (Phi) is 2.92. The molecular formula is C13H17NO2S. The van der Waals surface area contributed by atoms with E-state index < -0.39 is 0 Å². The van der Waals surface area contributed by atoms with Gasteiger partial charge in [-0.3, -0.25) is 9.69 Å². The molecule has 0 unspecified atom stereocenters. The van der Waals surface area contributed by atoms with Crippen molar-refractivity contribution in [3.8, 4) is 0 Å². The topological polar surface area (TPSA) is 29.5 Å². The Morgan fingerprint density at radius 2 is 2.24 bits per heavy atom. The molecule has 0 spiro atoms.